The van der Waals surface area contributed by atoms with Gasteiger partial charge in [-0.3, -0.25) is 0 Å². The van der Waals surface area contributed by atoms with E-state index in [1.165, 1.54) is 6.42 Å². The summed E-state index contributed by atoms with van der Waals surface area (Å²) in [6.45, 7) is 16.0. The van der Waals surface area contributed by atoms with E-state index in [0.29, 0.717) is 12.0 Å². The quantitative estimate of drug-likeness (QED) is 0.703. The molecule has 0 aliphatic carbocycles. The Morgan fingerprint density at radius 3 is 1.94 bits per heavy atom. The van der Waals surface area contributed by atoms with Gasteiger partial charge in [-0.1, -0.05) is 41.5 Å². The van der Waals surface area contributed by atoms with Crippen molar-refractivity contribution in [1.82, 2.24) is 5.32 Å². The summed E-state index contributed by atoms with van der Waals surface area (Å²) < 4.78 is 0. The van der Waals surface area contributed by atoms with Gasteiger partial charge >= 0.3 is 0 Å². The van der Waals surface area contributed by atoms with Crippen molar-refractivity contribution in [2.75, 3.05) is 6.54 Å². The Morgan fingerprint density at radius 2 is 1.56 bits per heavy atom. The second-order valence-corrected chi connectivity index (χ2v) is 6.59. The summed E-state index contributed by atoms with van der Waals surface area (Å²) in [7, 11) is 0. The smallest absolute Gasteiger partial charge is 0.0626 e. The summed E-state index contributed by atoms with van der Waals surface area (Å²) in [6.07, 6.45) is 0.944. The molecule has 98 valence electrons. The third kappa shape index (κ3) is 5.86. The fourth-order valence-electron chi connectivity index (χ4n) is 2.23. The molecule has 0 aliphatic heterocycles. The molecule has 2 atom stereocenters. The van der Waals surface area contributed by atoms with Crippen molar-refractivity contribution in [1.29, 1.82) is 0 Å². The van der Waals surface area contributed by atoms with Gasteiger partial charge in [0.25, 0.3) is 0 Å². The largest absolute Gasteiger partial charge is 0.392 e. The van der Waals surface area contributed by atoms with Gasteiger partial charge in [0, 0.05) is 18.0 Å². The average Bonchev–Trinajstić information content (AvgIpc) is 2.12. The van der Waals surface area contributed by atoms with E-state index in [-0.39, 0.29) is 11.5 Å². The van der Waals surface area contributed by atoms with Crippen LogP contribution in [0.1, 0.15) is 54.9 Å². The molecule has 0 amide bonds. The van der Waals surface area contributed by atoms with Crippen LogP contribution in [0, 0.1) is 17.3 Å². The molecule has 0 heterocycles. The predicted molar refractivity (Wildman–Crippen MR) is 71.5 cm³/mol. The lowest BCUT2D eigenvalue weighted by atomic mass is 9.80. The van der Waals surface area contributed by atoms with Gasteiger partial charge < -0.3 is 10.4 Å². The molecule has 2 unspecified atom stereocenters. The Balaban J connectivity index is 4.07. The Hall–Kier alpha value is -0.0800. The molecule has 16 heavy (non-hydrogen) atoms. The van der Waals surface area contributed by atoms with Crippen LogP contribution in [0.4, 0.5) is 0 Å². The van der Waals surface area contributed by atoms with Crippen LogP contribution in [0.3, 0.4) is 0 Å². The molecule has 0 radical (unpaired) electrons. The van der Waals surface area contributed by atoms with Crippen molar-refractivity contribution < 1.29 is 5.11 Å². The van der Waals surface area contributed by atoms with Gasteiger partial charge in [0.1, 0.15) is 0 Å². The van der Waals surface area contributed by atoms with E-state index in [4.69, 9.17) is 0 Å². The number of nitrogens with one attached hydrogen (secondary N) is 1. The highest BCUT2D eigenvalue weighted by atomic mass is 16.3. The number of aliphatic hydroxyl groups is 1. The van der Waals surface area contributed by atoms with Crippen LogP contribution in [0.2, 0.25) is 0 Å². The van der Waals surface area contributed by atoms with E-state index in [2.05, 4.69) is 53.8 Å². The maximum Gasteiger partial charge on any atom is 0.0626 e. The number of rotatable bonds is 7. The van der Waals surface area contributed by atoms with Gasteiger partial charge in [0.15, 0.2) is 0 Å². The Kier molecular flexibility index (Phi) is 6.57. The molecule has 0 rings (SSSR count). The maximum absolute atomic E-state index is 10.1. The summed E-state index contributed by atoms with van der Waals surface area (Å²) in [5, 5.41) is 13.6. The van der Waals surface area contributed by atoms with Crippen molar-refractivity contribution in [2.45, 2.75) is 67.0 Å². The van der Waals surface area contributed by atoms with Crippen molar-refractivity contribution in [3.8, 4) is 0 Å². The fourth-order valence-corrected chi connectivity index (χ4v) is 2.23. The molecule has 0 aromatic rings. The summed E-state index contributed by atoms with van der Waals surface area (Å²) in [6, 6.07) is 0.527. The first-order valence-electron chi connectivity index (χ1n) is 6.58. The second-order valence-electron chi connectivity index (χ2n) is 6.59. The van der Waals surface area contributed by atoms with Gasteiger partial charge in [-0.15, -0.1) is 0 Å². The van der Waals surface area contributed by atoms with Gasteiger partial charge in [0.05, 0.1) is 6.10 Å². The molecule has 0 aromatic carbocycles. The summed E-state index contributed by atoms with van der Waals surface area (Å²) in [5.74, 6) is 1.04. The van der Waals surface area contributed by atoms with Crippen LogP contribution in [0.5, 0.6) is 0 Å². The molecule has 0 aliphatic rings. The highest BCUT2D eigenvalue weighted by Crippen LogP contribution is 2.25. The van der Waals surface area contributed by atoms with Crippen molar-refractivity contribution >= 4 is 0 Å². The minimum Gasteiger partial charge on any atom is -0.392 e. The minimum absolute atomic E-state index is 0.0561. The van der Waals surface area contributed by atoms with E-state index in [0.717, 1.165) is 12.5 Å². The molecular formula is C14H31NO. The first-order valence-corrected chi connectivity index (χ1v) is 6.58. The molecule has 0 spiro atoms. The normalized spacial score (nSPS) is 16.9. The zero-order chi connectivity index (χ0) is 12.9. The lowest BCUT2D eigenvalue weighted by Gasteiger charge is -2.34. The van der Waals surface area contributed by atoms with E-state index < -0.39 is 0 Å². The zero-order valence-corrected chi connectivity index (χ0v) is 12.2. The average molecular weight is 229 g/mol. The molecular weight excluding hydrogens is 198 g/mol. The van der Waals surface area contributed by atoms with Gasteiger partial charge in [-0.25, -0.2) is 0 Å². The molecule has 2 nitrogen and oxygen atoms in total. The molecule has 2 N–H and O–H groups in total. The summed E-state index contributed by atoms with van der Waals surface area (Å²) in [4.78, 5) is 0. The van der Waals surface area contributed by atoms with Crippen molar-refractivity contribution in [3.05, 3.63) is 0 Å². The number of hydrogen-bond acceptors (Lipinski definition) is 2. The molecule has 0 saturated carbocycles. The van der Waals surface area contributed by atoms with E-state index >= 15 is 0 Å². The molecule has 0 bridgehead atoms. The molecule has 2 heteroatoms. The highest BCUT2D eigenvalue weighted by Gasteiger charge is 2.30. The SMILES string of the molecule is CC(C)CC(C)NCC(C)(C)C(O)C(C)C. The fraction of sp³-hybridized carbons (Fsp3) is 1.00. The van der Waals surface area contributed by atoms with Crippen LogP contribution in [-0.2, 0) is 0 Å². The summed E-state index contributed by atoms with van der Waals surface area (Å²) >= 11 is 0. The lowest BCUT2D eigenvalue weighted by Crippen LogP contribution is -2.44. The summed E-state index contributed by atoms with van der Waals surface area (Å²) in [5.41, 5.74) is -0.0561. The standard InChI is InChI=1S/C14H31NO/c1-10(2)8-12(5)15-9-14(6,7)13(16)11(3)4/h10-13,15-16H,8-9H2,1-7H3. The van der Waals surface area contributed by atoms with Crippen molar-refractivity contribution in [2.24, 2.45) is 17.3 Å². The zero-order valence-electron chi connectivity index (χ0n) is 12.2. The number of aliphatic hydroxyl groups excluding tert-OH is 1. The van der Waals surface area contributed by atoms with Gasteiger partial charge in [-0.05, 0) is 25.2 Å². The minimum atomic E-state index is -0.244. The monoisotopic (exact) mass is 229 g/mol. The Bertz CT molecular complexity index is 187. The van der Waals surface area contributed by atoms with Crippen molar-refractivity contribution in [3.63, 3.8) is 0 Å². The maximum atomic E-state index is 10.1. The third-order valence-electron chi connectivity index (χ3n) is 3.16. The second kappa shape index (κ2) is 6.61. The van der Waals surface area contributed by atoms with E-state index in [1.807, 2.05) is 0 Å². The van der Waals surface area contributed by atoms with Crippen LogP contribution in [-0.4, -0.2) is 23.8 Å². The number of hydrogen-bond donors (Lipinski definition) is 2. The first kappa shape index (κ1) is 15.9. The Labute approximate surface area is 102 Å². The molecule has 0 saturated heterocycles. The predicted octanol–water partition coefficient (Wildman–Crippen LogP) is 3.05. The topological polar surface area (TPSA) is 32.3 Å². The molecule has 0 aromatic heterocycles. The van der Waals surface area contributed by atoms with Gasteiger partial charge in [0.2, 0.25) is 0 Å². The van der Waals surface area contributed by atoms with Crippen LogP contribution in [0.15, 0.2) is 0 Å². The highest BCUT2D eigenvalue weighted by molar-refractivity contribution is 4.83. The lowest BCUT2D eigenvalue weighted by molar-refractivity contribution is 0.0121. The molecule has 0 fully saturated rings. The first-order chi connectivity index (χ1) is 7.16. The Morgan fingerprint density at radius 1 is 1.06 bits per heavy atom. The van der Waals surface area contributed by atoms with Crippen LogP contribution in [0.25, 0.3) is 0 Å². The van der Waals surface area contributed by atoms with E-state index in [1.54, 1.807) is 0 Å². The van der Waals surface area contributed by atoms with Gasteiger partial charge in [-0.2, -0.15) is 0 Å². The third-order valence-corrected chi connectivity index (χ3v) is 3.16. The van der Waals surface area contributed by atoms with Crippen LogP contribution < -0.4 is 5.32 Å². The van der Waals surface area contributed by atoms with Crippen LogP contribution >= 0.6 is 0 Å². The van der Waals surface area contributed by atoms with E-state index in [9.17, 15) is 5.11 Å².